The van der Waals surface area contributed by atoms with Crippen molar-refractivity contribution in [1.29, 1.82) is 0 Å². The lowest BCUT2D eigenvalue weighted by molar-refractivity contribution is -0.126. The fourth-order valence-electron chi connectivity index (χ4n) is 2.45. The number of amides is 2. The van der Waals surface area contributed by atoms with Crippen LogP contribution in [0.5, 0.6) is 0 Å². The van der Waals surface area contributed by atoms with E-state index in [9.17, 15) is 14.7 Å². The number of H-pyrrole nitrogens is 1. The van der Waals surface area contributed by atoms with Crippen LogP contribution in [0.2, 0.25) is 0 Å². The molecular formula is C16H24N4O3. The number of rotatable bonds is 4. The van der Waals surface area contributed by atoms with E-state index in [2.05, 4.69) is 15.3 Å². The zero-order valence-electron chi connectivity index (χ0n) is 13.5. The molecule has 1 aliphatic heterocycles. The van der Waals surface area contributed by atoms with E-state index in [-0.39, 0.29) is 23.8 Å². The van der Waals surface area contributed by atoms with Crippen molar-refractivity contribution in [2.75, 3.05) is 13.1 Å². The SMILES string of the molecule is CC(C)C(=O)N[C@H]1CCN(C(=O)/C=C/c2cnc[nH]2)CC[C@@H]1O. The molecule has 1 aromatic heterocycles. The molecule has 2 atom stereocenters. The highest BCUT2D eigenvalue weighted by atomic mass is 16.3. The van der Waals surface area contributed by atoms with Gasteiger partial charge in [0.25, 0.3) is 0 Å². The number of imidazole rings is 1. The molecule has 7 heteroatoms. The van der Waals surface area contributed by atoms with Crippen LogP contribution in [0, 0.1) is 5.92 Å². The minimum atomic E-state index is -0.632. The third kappa shape index (κ3) is 4.92. The van der Waals surface area contributed by atoms with Crippen molar-refractivity contribution in [3.8, 4) is 0 Å². The number of nitrogens with zero attached hydrogens (tertiary/aromatic N) is 2. The highest BCUT2D eigenvalue weighted by Gasteiger charge is 2.27. The molecule has 2 rings (SSSR count). The summed E-state index contributed by atoms with van der Waals surface area (Å²) >= 11 is 0. The quantitative estimate of drug-likeness (QED) is 0.706. The molecule has 0 saturated carbocycles. The van der Waals surface area contributed by atoms with Gasteiger partial charge in [-0.1, -0.05) is 13.8 Å². The lowest BCUT2D eigenvalue weighted by Gasteiger charge is -2.22. The van der Waals surface area contributed by atoms with Gasteiger partial charge >= 0.3 is 0 Å². The average molecular weight is 320 g/mol. The van der Waals surface area contributed by atoms with Gasteiger partial charge in [0.15, 0.2) is 0 Å². The summed E-state index contributed by atoms with van der Waals surface area (Å²) in [7, 11) is 0. The van der Waals surface area contributed by atoms with Gasteiger partial charge in [-0.15, -0.1) is 0 Å². The number of aliphatic hydroxyl groups is 1. The number of hydrogen-bond acceptors (Lipinski definition) is 4. The Morgan fingerprint density at radius 2 is 2.17 bits per heavy atom. The van der Waals surface area contributed by atoms with Crippen LogP contribution in [0.1, 0.15) is 32.4 Å². The summed E-state index contributed by atoms with van der Waals surface area (Å²) in [4.78, 5) is 32.5. The maximum atomic E-state index is 12.2. The van der Waals surface area contributed by atoms with E-state index >= 15 is 0 Å². The highest BCUT2D eigenvalue weighted by Crippen LogP contribution is 2.13. The normalized spacial score (nSPS) is 22.3. The summed E-state index contributed by atoms with van der Waals surface area (Å²) in [6.07, 6.45) is 6.71. The van der Waals surface area contributed by atoms with Crippen molar-refractivity contribution in [1.82, 2.24) is 20.2 Å². The topological polar surface area (TPSA) is 98.3 Å². The summed E-state index contributed by atoms with van der Waals surface area (Å²) < 4.78 is 0. The Hall–Kier alpha value is -2.15. The van der Waals surface area contributed by atoms with Gasteiger partial charge in [-0.05, 0) is 18.9 Å². The first-order valence-electron chi connectivity index (χ1n) is 7.91. The Balaban J connectivity index is 1.91. The monoisotopic (exact) mass is 320 g/mol. The number of hydrogen-bond donors (Lipinski definition) is 3. The standard InChI is InChI=1S/C16H24N4O3/c1-11(2)16(23)19-13-5-7-20(8-6-14(13)21)15(22)4-3-12-9-17-10-18-12/h3-4,9-11,13-14,21H,5-8H2,1-2H3,(H,17,18)(H,19,23)/b4-3+/t13-,14-/m0/s1. The summed E-state index contributed by atoms with van der Waals surface area (Å²) in [5.41, 5.74) is 0.760. The van der Waals surface area contributed by atoms with E-state index in [0.717, 1.165) is 5.69 Å². The zero-order chi connectivity index (χ0) is 16.8. The Morgan fingerprint density at radius 1 is 1.43 bits per heavy atom. The van der Waals surface area contributed by atoms with Crippen molar-refractivity contribution in [2.45, 2.75) is 38.8 Å². The Labute approximate surface area is 135 Å². The predicted octanol–water partition coefficient (Wildman–Crippen LogP) is 0.547. The van der Waals surface area contributed by atoms with Gasteiger partial charge in [0.1, 0.15) is 0 Å². The molecule has 3 N–H and O–H groups in total. The third-order valence-corrected chi connectivity index (χ3v) is 3.96. The number of carbonyl (C=O) groups is 2. The lowest BCUT2D eigenvalue weighted by atomic mass is 10.1. The second kappa shape index (κ2) is 7.92. The van der Waals surface area contributed by atoms with E-state index in [4.69, 9.17) is 0 Å². The van der Waals surface area contributed by atoms with Crippen LogP contribution < -0.4 is 5.32 Å². The van der Waals surface area contributed by atoms with Crippen molar-refractivity contribution >= 4 is 17.9 Å². The van der Waals surface area contributed by atoms with Crippen molar-refractivity contribution in [3.63, 3.8) is 0 Å². The molecule has 0 radical (unpaired) electrons. The zero-order valence-corrected chi connectivity index (χ0v) is 13.5. The Morgan fingerprint density at radius 3 is 2.83 bits per heavy atom. The number of aromatic nitrogens is 2. The van der Waals surface area contributed by atoms with E-state index in [1.807, 2.05) is 13.8 Å². The largest absolute Gasteiger partial charge is 0.391 e. The van der Waals surface area contributed by atoms with Crippen molar-refractivity contribution in [2.24, 2.45) is 5.92 Å². The minimum absolute atomic E-state index is 0.0760. The van der Waals surface area contributed by atoms with Crippen LogP contribution in [-0.4, -0.2) is 57.0 Å². The molecule has 2 amide bonds. The van der Waals surface area contributed by atoms with E-state index in [0.29, 0.717) is 25.9 Å². The molecule has 0 spiro atoms. The van der Waals surface area contributed by atoms with E-state index in [1.54, 1.807) is 23.5 Å². The van der Waals surface area contributed by atoms with Crippen LogP contribution in [0.15, 0.2) is 18.6 Å². The first-order chi connectivity index (χ1) is 11.0. The second-order valence-electron chi connectivity index (χ2n) is 6.08. The van der Waals surface area contributed by atoms with Crippen LogP contribution in [0.4, 0.5) is 0 Å². The molecule has 2 heterocycles. The average Bonchev–Trinajstić information content (AvgIpc) is 2.97. The summed E-state index contributed by atoms with van der Waals surface area (Å²) in [5.74, 6) is -0.309. The maximum absolute atomic E-state index is 12.2. The predicted molar refractivity (Wildman–Crippen MR) is 86.2 cm³/mol. The van der Waals surface area contributed by atoms with Gasteiger partial charge in [0.05, 0.1) is 30.4 Å². The van der Waals surface area contributed by atoms with Gasteiger partial charge in [0.2, 0.25) is 11.8 Å². The number of aromatic amines is 1. The molecule has 126 valence electrons. The molecule has 7 nitrogen and oxygen atoms in total. The van der Waals surface area contributed by atoms with Crippen LogP contribution in [0.3, 0.4) is 0 Å². The molecule has 0 aliphatic carbocycles. The Kier molecular flexibility index (Phi) is 5.92. The van der Waals surface area contributed by atoms with Crippen LogP contribution in [0.25, 0.3) is 6.08 Å². The summed E-state index contributed by atoms with van der Waals surface area (Å²) in [5, 5.41) is 13.0. The second-order valence-corrected chi connectivity index (χ2v) is 6.08. The van der Waals surface area contributed by atoms with Gasteiger partial charge in [-0.25, -0.2) is 4.98 Å². The summed E-state index contributed by atoms with van der Waals surface area (Å²) in [6.45, 7) is 4.61. The van der Waals surface area contributed by atoms with Crippen LogP contribution in [-0.2, 0) is 9.59 Å². The Bertz CT molecular complexity index is 554. The third-order valence-electron chi connectivity index (χ3n) is 3.96. The fraction of sp³-hybridized carbons (Fsp3) is 0.562. The van der Waals surface area contributed by atoms with Crippen molar-refractivity contribution < 1.29 is 14.7 Å². The molecule has 23 heavy (non-hydrogen) atoms. The van der Waals surface area contributed by atoms with Gasteiger partial charge in [-0.3, -0.25) is 9.59 Å². The van der Waals surface area contributed by atoms with Gasteiger partial charge in [0, 0.05) is 25.1 Å². The first kappa shape index (κ1) is 17.2. The van der Waals surface area contributed by atoms with Gasteiger partial charge < -0.3 is 20.3 Å². The molecule has 0 aromatic carbocycles. The minimum Gasteiger partial charge on any atom is -0.391 e. The van der Waals surface area contributed by atoms with Crippen molar-refractivity contribution in [3.05, 3.63) is 24.3 Å². The molecule has 1 aromatic rings. The number of likely N-dealkylation sites (tertiary alicyclic amines) is 1. The lowest BCUT2D eigenvalue weighted by Crippen LogP contribution is -2.44. The highest BCUT2D eigenvalue weighted by molar-refractivity contribution is 5.91. The first-order valence-corrected chi connectivity index (χ1v) is 7.91. The maximum Gasteiger partial charge on any atom is 0.246 e. The molecule has 1 fully saturated rings. The van der Waals surface area contributed by atoms with E-state index < -0.39 is 6.10 Å². The fourth-order valence-corrected chi connectivity index (χ4v) is 2.45. The molecule has 0 unspecified atom stereocenters. The summed E-state index contributed by atoms with van der Waals surface area (Å²) in [6, 6.07) is -0.306. The number of carbonyl (C=O) groups excluding carboxylic acids is 2. The molecular weight excluding hydrogens is 296 g/mol. The smallest absolute Gasteiger partial charge is 0.246 e. The molecule has 0 bridgehead atoms. The van der Waals surface area contributed by atoms with Crippen LogP contribution >= 0.6 is 0 Å². The molecule has 1 saturated heterocycles. The van der Waals surface area contributed by atoms with Gasteiger partial charge in [-0.2, -0.15) is 0 Å². The van der Waals surface area contributed by atoms with E-state index in [1.165, 1.54) is 6.08 Å². The molecule has 1 aliphatic rings. The number of aliphatic hydroxyl groups excluding tert-OH is 1. The number of nitrogens with one attached hydrogen (secondary N) is 2.